The molecule has 0 fully saturated rings. The molecule has 0 radical (unpaired) electrons. The van der Waals surface area contributed by atoms with Gasteiger partial charge in [-0.15, -0.1) is 0 Å². The fourth-order valence-electron chi connectivity index (χ4n) is 2.81. The maximum absolute atomic E-state index is 12.1. The summed E-state index contributed by atoms with van der Waals surface area (Å²) in [6.07, 6.45) is 0.728. The molecule has 3 aromatic carbocycles. The largest absolute Gasteiger partial charge is 0.505 e. The molecule has 0 aliphatic rings. The van der Waals surface area contributed by atoms with Crippen LogP contribution in [0.5, 0.6) is 11.5 Å². The summed E-state index contributed by atoms with van der Waals surface area (Å²) >= 11 is 0. The first-order valence-corrected chi connectivity index (χ1v) is 8.90. The Bertz CT molecular complexity index is 999. The molecule has 144 valence electrons. The predicted molar refractivity (Wildman–Crippen MR) is 107 cm³/mol. The van der Waals surface area contributed by atoms with E-state index in [2.05, 4.69) is 10.1 Å². The summed E-state index contributed by atoms with van der Waals surface area (Å²) in [4.78, 5) is 23.7. The van der Waals surface area contributed by atoms with Gasteiger partial charge in [0, 0.05) is 6.42 Å². The minimum absolute atomic E-state index is 0.0000579. The molecule has 3 aromatic rings. The molecule has 3 rings (SSSR count). The van der Waals surface area contributed by atoms with E-state index in [0.717, 1.165) is 16.5 Å². The van der Waals surface area contributed by atoms with Crippen molar-refractivity contribution in [3.63, 3.8) is 0 Å². The van der Waals surface area contributed by atoms with Crippen LogP contribution in [0, 0.1) is 0 Å². The molecule has 0 bridgehead atoms. The molecule has 0 aromatic heterocycles. The Morgan fingerprint density at radius 3 is 2.57 bits per heavy atom. The van der Waals surface area contributed by atoms with Gasteiger partial charge in [-0.1, -0.05) is 36.4 Å². The first kappa shape index (κ1) is 19.2. The van der Waals surface area contributed by atoms with Gasteiger partial charge in [-0.2, -0.15) is 0 Å². The Morgan fingerprint density at radius 2 is 1.79 bits per heavy atom. The Balaban J connectivity index is 1.50. The molecule has 0 saturated carbocycles. The molecule has 6 heteroatoms. The molecule has 0 atom stereocenters. The van der Waals surface area contributed by atoms with Crippen LogP contribution in [0.3, 0.4) is 0 Å². The number of anilines is 1. The van der Waals surface area contributed by atoms with Crippen molar-refractivity contribution in [2.75, 3.05) is 19.0 Å². The van der Waals surface area contributed by atoms with E-state index in [-0.39, 0.29) is 29.3 Å². The number of amides is 1. The lowest BCUT2D eigenvalue weighted by Gasteiger charge is -2.10. The van der Waals surface area contributed by atoms with Gasteiger partial charge in [-0.3, -0.25) is 4.79 Å². The number of methoxy groups -OCH3 is 1. The molecule has 2 N–H and O–H groups in total. The van der Waals surface area contributed by atoms with Crippen molar-refractivity contribution in [3.05, 3.63) is 66.2 Å². The molecule has 0 aliphatic heterocycles. The number of aromatic hydroxyl groups is 1. The van der Waals surface area contributed by atoms with Gasteiger partial charge in [0.15, 0.2) is 5.75 Å². The number of carbonyl (C=O) groups excluding carboxylic acids is 2. The molecule has 1 amide bonds. The maximum Gasteiger partial charge on any atom is 0.341 e. The topological polar surface area (TPSA) is 84.9 Å². The smallest absolute Gasteiger partial charge is 0.341 e. The Labute approximate surface area is 162 Å². The quantitative estimate of drug-likeness (QED) is 0.366. The van der Waals surface area contributed by atoms with Crippen molar-refractivity contribution in [2.45, 2.75) is 12.8 Å². The molecule has 0 unspecified atom stereocenters. The number of phenols is 1. The zero-order valence-electron chi connectivity index (χ0n) is 15.5. The Kier molecular flexibility index (Phi) is 6.11. The number of nitrogens with one attached hydrogen (secondary N) is 1. The molecule has 0 spiro atoms. The van der Waals surface area contributed by atoms with Gasteiger partial charge in [0.05, 0.1) is 19.4 Å². The minimum atomic E-state index is -0.669. The second kappa shape index (κ2) is 8.90. The highest BCUT2D eigenvalue weighted by Gasteiger charge is 2.15. The van der Waals surface area contributed by atoms with Crippen LogP contribution in [-0.4, -0.2) is 30.7 Å². The van der Waals surface area contributed by atoms with E-state index < -0.39 is 5.97 Å². The summed E-state index contributed by atoms with van der Waals surface area (Å²) in [7, 11) is 1.22. The second-order valence-corrected chi connectivity index (χ2v) is 6.20. The first-order chi connectivity index (χ1) is 13.6. The number of benzene rings is 3. The summed E-state index contributed by atoms with van der Waals surface area (Å²) in [5, 5.41) is 14.9. The van der Waals surface area contributed by atoms with Gasteiger partial charge in [-0.05, 0) is 41.5 Å². The lowest BCUT2D eigenvalue weighted by Crippen LogP contribution is -2.13. The second-order valence-electron chi connectivity index (χ2n) is 6.20. The summed E-state index contributed by atoms with van der Waals surface area (Å²) in [5.41, 5.74) is 0.170. The van der Waals surface area contributed by atoms with E-state index in [0.29, 0.717) is 13.0 Å². The highest BCUT2D eigenvalue weighted by Crippen LogP contribution is 2.28. The lowest BCUT2D eigenvalue weighted by atomic mass is 10.1. The Morgan fingerprint density at radius 1 is 1.00 bits per heavy atom. The molecule has 0 aliphatic carbocycles. The van der Waals surface area contributed by atoms with Gasteiger partial charge >= 0.3 is 5.97 Å². The third-order valence-corrected chi connectivity index (χ3v) is 4.25. The van der Waals surface area contributed by atoms with Crippen molar-refractivity contribution >= 4 is 28.3 Å². The number of hydrogen-bond acceptors (Lipinski definition) is 5. The number of para-hydroxylation sites is 1. The monoisotopic (exact) mass is 379 g/mol. The number of esters is 1. The number of phenolic OH excluding ortho intramolecular Hbond substituents is 1. The normalized spacial score (nSPS) is 10.5. The molecule has 0 saturated heterocycles. The van der Waals surface area contributed by atoms with E-state index in [1.807, 2.05) is 42.5 Å². The average molecular weight is 379 g/mol. The van der Waals surface area contributed by atoms with Gasteiger partial charge in [0.25, 0.3) is 0 Å². The van der Waals surface area contributed by atoms with E-state index in [4.69, 9.17) is 4.74 Å². The van der Waals surface area contributed by atoms with Crippen molar-refractivity contribution in [3.8, 4) is 11.5 Å². The lowest BCUT2D eigenvalue weighted by molar-refractivity contribution is -0.116. The summed E-state index contributed by atoms with van der Waals surface area (Å²) in [5.74, 6) is -0.505. The van der Waals surface area contributed by atoms with Crippen LogP contribution in [-0.2, 0) is 9.53 Å². The van der Waals surface area contributed by atoms with Crippen LogP contribution in [0.15, 0.2) is 60.7 Å². The van der Waals surface area contributed by atoms with E-state index in [1.165, 1.54) is 19.2 Å². The standard InChI is InChI=1S/C22H21NO5/c1-27-22(26)18-8-4-9-19(21(18)25)23-20(24)10-5-13-28-17-12-11-15-6-2-3-7-16(15)14-17/h2-4,6-9,11-12,14,25H,5,10,13H2,1H3,(H,23,24). The highest BCUT2D eigenvalue weighted by molar-refractivity contribution is 5.98. The zero-order chi connectivity index (χ0) is 19.9. The molecule has 0 heterocycles. The van der Waals surface area contributed by atoms with Gasteiger partial charge in [0.1, 0.15) is 11.3 Å². The highest BCUT2D eigenvalue weighted by atomic mass is 16.5. The molecular weight excluding hydrogens is 358 g/mol. The van der Waals surface area contributed by atoms with Crippen LogP contribution in [0.1, 0.15) is 23.2 Å². The Hall–Kier alpha value is -3.54. The zero-order valence-corrected chi connectivity index (χ0v) is 15.5. The third kappa shape index (κ3) is 4.59. The van der Waals surface area contributed by atoms with Gasteiger partial charge in [0.2, 0.25) is 5.91 Å². The molecule has 28 heavy (non-hydrogen) atoms. The minimum Gasteiger partial charge on any atom is -0.505 e. The van der Waals surface area contributed by atoms with Crippen molar-refractivity contribution < 1.29 is 24.2 Å². The summed E-state index contributed by atoms with van der Waals surface area (Å²) < 4.78 is 10.3. The third-order valence-electron chi connectivity index (χ3n) is 4.25. The number of ether oxygens (including phenoxy) is 2. The fourth-order valence-corrected chi connectivity index (χ4v) is 2.81. The summed E-state index contributed by atoms with van der Waals surface area (Å²) in [6, 6.07) is 18.4. The van der Waals surface area contributed by atoms with Gasteiger partial charge in [-0.25, -0.2) is 4.79 Å². The molecule has 6 nitrogen and oxygen atoms in total. The number of carbonyl (C=O) groups is 2. The fraction of sp³-hybridized carbons (Fsp3) is 0.182. The van der Waals surface area contributed by atoms with Crippen molar-refractivity contribution in [1.29, 1.82) is 0 Å². The van der Waals surface area contributed by atoms with E-state index in [1.54, 1.807) is 6.07 Å². The average Bonchev–Trinajstić information content (AvgIpc) is 2.72. The number of rotatable bonds is 7. The number of fused-ring (bicyclic) bond motifs is 1. The van der Waals surface area contributed by atoms with E-state index >= 15 is 0 Å². The van der Waals surface area contributed by atoms with Crippen LogP contribution in [0.2, 0.25) is 0 Å². The van der Waals surface area contributed by atoms with Crippen molar-refractivity contribution in [1.82, 2.24) is 0 Å². The van der Waals surface area contributed by atoms with Crippen LogP contribution < -0.4 is 10.1 Å². The number of hydrogen-bond donors (Lipinski definition) is 2. The van der Waals surface area contributed by atoms with Crippen LogP contribution in [0.25, 0.3) is 10.8 Å². The van der Waals surface area contributed by atoms with Crippen LogP contribution >= 0.6 is 0 Å². The van der Waals surface area contributed by atoms with E-state index in [9.17, 15) is 14.7 Å². The first-order valence-electron chi connectivity index (χ1n) is 8.90. The summed E-state index contributed by atoms with van der Waals surface area (Å²) in [6.45, 7) is 0.389. The van der Waals surface area contributed by atoms with Crippen molar-refractivity contribution in [2.24, 2.45) is 0 Å². The SMILES string of the molecule is COC(=O)c1cccc(NC(=O)CCCOc2ccc3ccccc3c2)c1O. The maximum atomic E-state index is 12.1. The molecular formula is C22H21NO5. The van der Waals surface area contributed by atoms with Crippen LogP contribution in [0.4, 0.5) is 5.69 Å². The predicted octanol–water partition coefficient (Wildman–Crippen LogP) is 4.13. The van der Waals surface area contributed by atoms with Gasteiger partial charge < -0.3 is 19.9 Å².